The summed E-state index contributed by atoms with van der Waals surface area (Å²) in [4.78, 5) is 19.0. The fraction of sp³-hybridized carbons (Fsp3) is 0.200. The monoisotopic (exact) mass is 303 g/mol. The molecule has 0 spiro atoms. The first kappa shape index (κ1) is 13.9. The number of H-pyrrole nitrogens is 1. The van der Waals surface area contributed by atoms with Gasteiger partial charge in [0.1, 0.15) is 16.3 Å². The van der Waals surface area contributed by atoms with Crippen molar-refractivity contribution in [2.75, 3.05) is 0 Å². The smallest absolute Gasteiger partial charge is 0.268 e. The number of halogens is 1. The van der Waals surface area contributed by atoms with Gasteiger partial charge in [0.15, 0.2) is 0 Å². The molecular formula is C15H14FN3OS. The Bertz CT molecular complexity index is 810. The van der Waals surface area contributed by atoms with Crippen LogP contribution in [-0.4, -0.2) is 9.97 Å². The van der Waals surface area contributed by atoms with Crippen molar-refractivity contribution < 1.29 is 4.39 Å². The van der Waals surface area contributed by atoms with Crippen LogP contribution in [0.2, 0.25) is 0 Å². The molecule has 108 valence electrons. The highest BCUT2D eigenvalue weighted by Gasteiger charge is 2.08. The van der Waals surface area contributed by atoms with Gasteiger partial charge in [-0.05, 0) is 36.1 Å². The van der Waals surface area contributed by atoms with E-state index >= 15 is 0 Å². The number of aromatic amines is 1. The molecule has 1 aromatic carbocycles. The van der Waals surface area contributed by atoms with Gasteiger partial charge in [-0.3, -0.25) is 4.79 Å². The Morgan fingerprint density at radius 1 is 1.33 bits per heavy atom. The molecule has 2 N–H and O–H groups in total. The molecular weight excluding hydrogens is 289 g/mol. The SMILES string of the molecule is C[C@@H](NCc1nc2ccsc2c(=O)[nH]1)c1ccc(F)cc1. The predicted octanol–water partition coefficient (Wildman–Crippen LogP) is 2.97. The quantitative estimate of drug-likeness (QED) is 0.779. The summed E-state index contributed by atoms with van der Waals surface area (Å²) in [6, 6.07) is 8.23. The lowest BCUT2D eigenvalue weighted by Crippen LogP contribution is -2.22. The number of thiophene rings is 1. The Hall–Kier alpha value is -2.05. The molecule has 0 fully saturated rings. The number of fused-ring (bicyclic) bond motifs is 1. The molecule has 2 heterocycles. The second-order valence-electron chi connectivity index (χ2n) is 4.80. The van der Waals surface area contributed by atoms with E-state index in [0.717, 1.165) is 11.1 Å². The van der Waals surface area contributed by atoms with E-state index in [2.05, 4.69) is 15.3 Å². The number of benzene rings is 1. The molecule has 3 rings (SSSR count). The summed E-state index contributed by atoms with van der Waals surface area (Å²) < 4.78 is 13.5. The Labute approximate surface area is 124 Å². The Kier molecular flexibility index (Phi) is 3.81. The van der Waals surface area contributed by atoms with Gasteiger partial charge in [-0.1, -0.05) is 12.1 Å². The fourth-order valence-corrected chi connectivity index (χ4v) is 2.85. The highest BCUT2D eigenvalue weighted by molar-refractivity contribution is 7.17. The Morgan fingerprint density at radius 2 is 2.10 bits per heavy atom. The van der Waals surface area contributed by atoms with Crippen LogP contribution >= 0.6 is 11.3 Å². The minimum Gasteiger partial charge on any atom is -0.308 e. The van der Waals surface area contributed by atoms with E-state index in [1.54, 1.807) is 12.1 Å². The van der Waals surface area contributed by atoms with E-state index in [0.29, 0.717) is 17.1 Å². The van der Waals surface area contributed by atoms with Crippen LogP contribution in [0.3, 0.4) is 0 Å². The maximum atomic E-state index is 12.9. The highest BCUT2D eigenvalue weighted by atomic mass is 32.1. The molecule has 0 saturated carbocycles. The van der Waals surface area contributed by atoms with Crippen LogP contribution in [0.15, 0.2) is 40.5 Å². The van der Waals surface area contributed by atoms with Gasteiger partial charge in [0.25, 0.3) is 5.56 Å². The lowest BCUT2D eigenvalue weighted by Gasteiger charge is -2.13. The summed E-state index contributed by atoms with van der Waals surface area (Å²) in [5.41, 5.74) is 1.59. The number of hydrogen-bond donors (Lipinski definition) is 2. The first-order valence-electron chi connectivity index (χ1n) is 6.59. The molecule has 0 bridgehead atoms. The van der Waals surface area contributed by atoms with Crippen molar-refractivity contribution in [1.29, 1.82) is 0 Å². The molecule has 0 aliphatic heterocycles. The molecule has 0 amide bonds. The normalized spacial score (nSPS) is 12.7. The third-order valence-corrected chi connectivity index (χ3v) is 4.21. The molecule has 0 aliphatic rings. The minimum absolute atomic E-state index is 0.0362. The fourth-order valence-electron chi connectivity index (χ4n) is 2.12. The molecule has 0 radical (unpaired) electrons. The van der Waals surface area contributed by atoms with Crippen molar-refractivity contribution >= 4 is 21.6 Å². The van der Waals surface area contributed by atoms with Crippen LogP contribution in [0, 0.1) is 5.82 Å². The van der Waals surface area contributed by atoms with Gasteiger partial charge in [-0.15, -0.1) is 11.3 Å². The summed E-state index contributed by atoms with van der Waals surface area (Å²) in [5.74, 6) is 0.347. The first-order valence-corrected chi connectivity index (χ1v) is 7.46. The molecule has 21 heavy (non-hydrogen) atoms. The number of aromatic nitrogens is 2. The van der Waals surface area contributed by atoms with Crippen molar-refractivity contribution in [2.45, 2.75) is 19.5 Å². The molecule has 0 saturated heterocycles. The number of hydrogen-bond acceptors (Lipinski definition) is 4. The van der Waals surface area contributed by atoms with Crippen molar-refractivity contribution in [3.63, 3.8) is 0 Å². The summed E-state index contributed by atoms with van der Waals surface area (Å²) in [6.45, 7) is 2.42. The van der Waals surface area contributed by atoms with Gasteiger partial charge in [-0.2, -0.15) is 0 Å². The zero-order valence-electron chi connectivity index (χ0n) is 11.4. The molecule has 3 aromatic rings. The van der Waals surface area contributed by atoms with Crippen molar-refractivity contribution in [1.82, 2.24) is 15.3 Å². The number of nitrogens with one attached hydrogen (secondary N) is 2. The van der Waals surface area contributed by atoms with Crippen LogP contribution in [0.1, 0.15) is 24.4 Å². The van der Waals surface area contributed by atoms with Crippen LogP contribution < -0.4 is 10.9 Å². The maximum absolute atomic E-state index is 12.9. The van der Waals surface area contributed by atoms with Crippen LogP contribution in [0.4, 0.5) is 4.39 Å². The van der Waals surface area contributed by atoms with E-state index < -0.39 is 0 Å². The summed E-state index contributed by atoms with van der Waals surface area (Å²) in [7, 11) is 0. The second-order valence-corrected chi connectivity index (χ2v) is 5.72. The van der Waals surface area contributed by atoms with Gasteiger partial charge in [0.2, 0.25) is 0 Å². The lowest BCUT2D eigenvalue weighted by molar-refractivity contribution is 0.557. The van der Waals surface area contributed by atoms with Gasteiger partial charge in [-0.25, -0.2) is 9.37 Å². The first-order chi connectivity index (χ1) is 10.1. The topological polar surface area (TPSA) is 57.8 Å². The van der Waals surface area contributed by atoms with Crippen LogP contribution in [0.5, 0.6) is 0 Å². The number of nitrogens with zero attached hydrogens (tertiary/aromatic N) is 1. The largest absolute Gasteiger partial charge is 0.308 e. The predicted molar refractivity (Wildman–Crippen MR) is 81.9 cm³/mol. The maximum Gasteiger partial charge on any atom is 0.268 e. The standard InChI is InChI=1S/C15H14FN3OS/c1-9(10-2-4-11(16)5-3-10)17-8-13-18-12-6-7-21-14(12)15(20)19-13/h2-7,9,17H,8H2,1H3,(H,18,19,20)/t9-/m1/s1. The zero-order chi connectivity index (χ0) is 14.8. The molecule has 6 heteroatoms. The highest BCUT2D eigenvalue weighted by Crippen LogP contribution is 2.15. The van der Waals surface area contributed by atoms with E-state index in [9.17, 15) is 9.18 Å². The Balaban J connectivity index is 1.73. The third kappa shape index (κ3) is 3.01. The zero-order valence-corrected chi connectivity index (χ0v) is 12.2. The lowest BCUT2D eigenvalue weighted by atomic mass is 10.1. The number of rotatable bonds is 4. The van der Waals surface area contributed by atoms with E-state index in [4.69, 9.17) is 0 Å². The third-order valence-electron chi connectivity index (χ3n) is 3.31. The van der Waals surface area contributed by atoms with Crippen LogP contribution in [-0.2, 0) is 6.54 Å². The van der Waals surface area contributed by atoms with Gasteiger partial charge in [0.05, 0.1) is 12.1 Å². The van der Waals surface area contributed by atoms with E-state index in [1.807, 2.05) is 18.4 Å². The average Bonchev–Trinajstić information content (AvgIpc) is 2.94. The Morgan fingerprint density at radius 3 is 2.86 bits per heavy atom. The van der Waals surface area contributed by atoms with Crippen molar-refractivity contribution in [3.05, 3.63) is 63.3 Å². The second kappa shape index (κ2) is 5.75. The molecule has 0 unspecified atom stereocenters. The van der Waals surface area contributed by atoms with Gasteiger partial charge in [0, 0.05) is 6.04 Å². The summed E-state index contributed by atoms with van der Waals surface area (Å²) in [6.07, 6.45) is 0. The summed E-state index contributed by atoms with van der Waals surface area (Å²) in [5, 5.41) is 5.12. The van der Waals surface area contributed by atoms with E-state index in [-0.39, 0.29) is 17.4 Å². The average molecular weight is 303 g/mol. The molecule has 1 atom stereocenters. The van der Waals surface area contributed by atoms with Gasteiger partial charge < -0.3 is 10.3 Å². The van der Waals surface area contributed by atoms with Crippen LogP contribution in [0.25, 0.3) is 10.2 Å². The minimum atomic E-state index is -0.250. The molecule has 4 nitrogen and oxygen atoms in total. The summed E-state index contributed by atoms with van der Waals surface area (Å²) >= 11 is 1.38. The van der Waals surface area contributed by atoms with Crippen molar-refractivity contribution in [3.8, 4) is 0 Å². The van der Waals surface area contributed by atoms with Crippen molar-refractivity contribution in [2.24, 2.45) is 0 Å². The van der Waals surface area contributed by atoms with E-state index in [1.165, 1.54) is 23.5 Å². The van der Waals surface area contributed by atoms with Gasteiger partial charge >= 0.3 is 0 Å². The molecule has 0 aliphatic carbocycles. The molecule has 2 aromatic heterocycles.